The third-order valence-electron chi connectivity index (χ3n) is 9.08. The highest BCUT2D eigenvalue weighted by atomic mass is 19.3. The van der Waals surface area contributed by atoms with Crippen LogP contribution in [0.15, 0.2) is 133 Å². The minimum absolute atomic E-state index is 0.231. The van der Waals surface area contributed by atoms with Crippen LogP contribution in [0.4, 0.5) is 25.1 Å². The van der Waals surface area contributed by atoms with Crippen molar-refractivity contribution in [3.05, 3.63) is 161 Å². The zero-order chi connectivity index (χ0) is 34.2. The van der Waals surface area contributed by atoms with Gasteiger partial charge in [-0.15, -0.1) is 0 Å². The van der Waals surface area contributed by atoms with Crippen LogP contribution in [0.5, 0.6) is 0 Å². The second-order valence-electron chi connectivity index (χ2n) is 12.6. The van der Waals surface area contributed by atoms with E-state index in [0.29, 0.717) is 37.7 Å². The number of carbonyl (C=O) groups is 1. The van der Waals surface area contributed by atoms with Gasteiger partial charge in [-0.2, -0.15) is 0 Å². The number of halogens is 2. The van der Waals surface area contributed by atoms with E-state index in [2.05, 4.69) is 34.1 Å². The summed E-state index contributed by atoms with van der Waals surface area (Å²) < 4.78 is 28.3. The van der Waals surface area contributed by atoms with Crippen molar-refractivity contribution in [1.82, 2.24) is 9.88 Å². The third kappa shape index (κ3) is 8.24. The monoisotopic (exact) mass is 662 g/mol. The fraction of sp³-hybridized carbons (Fsp3) is 0.250. The molecule has 49 heavy (non-hydrogen) atoms. The largest absolute Gasteiger partial charge is 0.465 e. The molecule has 1 aromatic heterocycles. The smallest absolute Gasteiger partial charge is 0.407 e. The summed E-state index contributed by atoms with van der Waals surface area (Å²) in [4.78, 5) is 23.1. The molecule has 1 saturated heterocycles. The summed E-state index contributed by atoms with van der Waals surface area (Å²) in [6, 6.07) is 42.9. The lowest BCUT2D eigenvalue weighted by Crippen LogP contribution is -2.51. The van der Waals surface area contributed by atoms with Gasteiger partial charge in [0.25, 0.3) is 6.43 Å². The second kappa shape index (κ2) is 15.3. The highest BCUT2D eigenvalue weighted by Crippen LogP contribution is 2.41. The number of rotatable bonds is 12. The molecule has 0 spiro atoms. The molecular weight excluding hydrogens is 622 g/mol. The lowest BCUT2D eigenvalue weighted by atomic mass is 9.85. The first kappa shape index (κ1) is 33.6. The van der Waals surface area contributed by atoms with Gasteiger partial charge in [0.05, 0.1) is 17.4 Å². The fourth-order valence-electron chi connectivity index (χ4n) is 6.48. The number of carboxylic acid groups (broad SMARTS) is 1. The predicted molar refractivity (Wildman–Crippen MR) is 187 cm³/mol. The quantitative estimate of drug-likeness (QED) is 0.140. The molecule has 1 fully saturated rings. The normalized spacial score (nSPS) is 17.6. The van der Waals surface area contributed by atoms with Gasteiger partial charge in [0.15, 0.2) is 5.82 Å². The summed E-state index contributed by atoms with van der Waals surface area (Å²) in [7, 11) is 0. The number of aromatic nitrogens is 1. The van der Waals surface area contributed by atoms with Crippen molar-refractivity contribution in [3.8, 4) is 0 Å². The summed E-state index contributed by atoms with van der Waals surface area (Å²) in [5.74, 6) is 0.591. The lowest BCUT2D eigenvalue weighted by molar-refractivity contribution is -0.136. The van der Waals surface area contributed by atoms with Gasteiger partial charge in [0, 0.05) is 39.1 Å². The molecule has 6 rings (SSSR count). The topological polar surface area (TPSA) is 80.1 Å². The number of likely N-dealkylation sites (tertiary alicyclic amines) is 1. The van der Waals surface area contributed by atoms with Crippen molar-refractivity contribution in [1.29, 1.82) is 0 Å². The number of pyridine rings is 1. The van der Waals surface area contributed by atoms with Crippen LogP contribution < -0.4 is 9.80 Å². The van der Waals surface area contributed by atoms with Crippen LogP contribution in [-0.2, 0) is 26.2 Å². The van der Waals surface area contributed by atoms with Crippen LogP contribution >= 0.6 is 0 Å². The number of aliphatic hydroxyl groups is 1. The molecule has 1 aliphatic heterocycles. The Hall–Kier alpha value is -5.28. The number of alkyl halides is 2. The van der Waals surface area contributed by atoms with E-state index in [4.69, 9.17) is 4.98 Å². The first-order valence-electron chi connectivity index (χ1n) is 16.5. The van der Waals surface area contributed by atoms with Gasteiger partial charge in [-0.1, -0.05) is 121 Å². The molecule has 1 amide bonds. The molecule has 252 valence electrons. The third-order valence-corrected chi connectivity index (χ3v) is 9.08. The number of anilines is 2. The van der Waals surface area contributed by atoms with Gasteiger partial charge in [-0.05, 0) is 40.8 Å². The Morgan fingerprint density at radius 1 is 0.714 bits per heavy atom. The zero-order valence-electron chi connectivity index (χ0n) is 27.2. The van der Waals surface area contributed by atoms with Crippen molar-refractivity contribution in [3.63, 3.8) is 0 Å². The van der Waals surface area contributed by atoms with E-state index in [1.165, 1.54) is 0 Å². The molecule has 0 aliphatic carbocycles. The fourth-order valence-corrected chi connectivity index (χ4v) is 6.48. The van der Waals surface area contributed by atoms with E-state index < -0.39 is 30.6 Å². The van der Waals surface area contributed by atoms with Crippen molar-refractivity contribution in [2.24, 2.45) is 0 Å². The van der Waals surface area contributed by atoms with Crippen molar-refractivity contribution in [2.75, 3.05) is 16.3 Å². The molecular formula is C40H40F2N4O3. The summed E-state index contributed by atoms with van der Waals surface area (Å²) in [5.41, 5.74) is 3.08. The molecule has 2 N–H and O–H groups in total. The zero-order valence-corrected chi connectivity index (χ0v) is 27.2. The Morgan fingerprint density at radius 3 is 1.55 bits per heavy atom. The van der Waals surface area contributed by atoms with Crippen LogP contribution in [0.3, 0.4) is 0 Å². The molecule has 2 heterocycles. The van der Waals surface area contributed by atoms with Crippen LogP contribution in [-0.4, -0.2) is 44.8 Å². The van der Waals surface area contributed by atoms with Crippen LogP contribution in [0, 0.1) is 0 Å². The molecule has 1 aliphatic rings. The number of amides is 1. The SMILES string of the molecule is O=C(O)N1CC[C@](O)(C(F)F)C[C@@H]1c1ccc(N(Cc2ccccc2)Cc2ccccc2)c(N(Cc2ccccc2)Cc2ccccc2)n1. The van der Waals surface area contributed by atoms with Crippen molar-refractivity contribution < 1.29 is 23.8 Å². The average Bonchev–Trinajstić information content (AvgIpc) is 3.12. The number of benzene rings is 4. The molecule has 0 bridgehead atoms. The highest BCUT2D eigenvalue weighted by Gasteiger charge is 2.47. The van der Waals surface area contributed by atoms with Gasteiger partial charge in [-0.3, -0.25) is 4.90 Å². The van der Waals surface area contributed by atoms with Crippen LogP contribution in [0.25, 0.3) is 0 Å². The van der Waals surface area contributed by atoms with E-state index in [-0.39, 0.29) is 13.0 Å². The summed E-state index contributed by atoms with van der Waals surface area (Å²) in [6.45, 7) is 1.86. The average molecular weight is 663 g/mol. The van der Waals surface area contributed by atoms with Crippen LogP contribution in [0.2, 0.25) is 0 Å². The number of nitrogens with zero attached hydrogens (tertiary/aromatic N) is 4. The number of hydrogen-bond donors (Lipinski definition) is 2. The van der Waals surface area contributed by atoms with Crippen molar-refractivity contribution >= 4 is 17.6 Å². The molecule has 0 radical (unpaired) electrons. The predicted octanol–water partition coefficient (Wildman–Crippen LogP) is 8.31. The lowest BCUT2D eigenvalue weighted by Gasteiger charge is -2.42. The minimum Gasteiger partial charge on any atom is -0.465 e. The van der Waals surface area contributed by atoms with Gasteiger partial charge in [0.2, 0.25) is 0 Å². The van der Waals surface area contributed by atoms with Gasteiger partial charge < -0.3 is 20.0 Å². The van der Waals surface area contributed by atoms with Gasteiger partial charge >= 0.3 is 6.09 Å². The molecule has 0 unspecified atom stereocenters. The number of piperidine rings is 1. The Bertz CT molecular complexity index is 1720. The van der Waals surface area contributed by atoms with E-state index in [1.54, 1.807) is 6.07 Å². The summed E-state index contributed by atoms with van der Waals surface area (Å²) >= 11 is 0. The molecule has 7 nitrogen and oxygen atoms in total. The van der Waals surface area contributed by atoms with E-state index in [1.807, 2.05) is 103 Å². The Morgan fingerprint density at radius 2 is 1.14 bits per heavy atom. The van der Waals surface area contributed by atoms with Crippen molar-refractivity contribution in [2.45, 2.75) is 57.1 Å². The Labute approximate surface area is 285 Å². The van der Waals surface area contributed by atoms with E-state index in [9.17, 15) is 23.8 Å². The molecule has 5 aromatic rings. The Balaban J connectivity index is 1.52. The van der Waals surface area contributed by atoms with Crippen LogP contribution in [0.1, 0.15) is 46.8 Å². The summed E-state index contributed by atoms with van der Waals surface area (Å²) in [5, 5.41) is 21.0. The molecule has 2 atom stereocenters. The van der Waals surface area contributed by atoms with Gasteiger partial charge in [0.1, 0.15) is 5.60 Å². The maximum atomic E-state index is 14.1. The maximum Gasteiger partial charge on any atom is 0.407 e. The van der Waals surface area contributed by atoms with E-state index in [0.717, 1.165) is 32.8 Å². The first-order chi connectivity index (χ1) is 23.8. The molecule has 4 aromatic carbocycles. The highest BCUT2D eigenvalue weighted by molar-refractivity contribution is 5.69. The molecule has 0 saturated carbocycles. The van der Waals surface area contributed by atoms with E-state index >= 15 is 0 Å². The maximum absolute atomic E-state index is 14.1. The van der Waals surface area contributed by atoms with Gasteiger partial charge in [-0.25, -0.2) is 18.6 Å². The Kier molecular flexibility index (Phi) is 10.5. The second-order valence-corrected chi connectivity index (χ2v) is 12.6. The minimum atomic E-state index is -3.02. The standard InChI is InChI=1S/C40H40F2N4O3/c41-38(42)40(49)23-24-46(39(47)48)36(25-40)34-21-22-35(44(26-30-13-5-1-6-14-30)27-31-15-7-2-8-16-31)37(43-34)45(28-32-17-9-3-10-18-32)29-33-19-11-4-12-20-33/h1-22,36,38,49H,23-29H2,(H,47,48)/t36-,40-/m1/s1. The number of hydrogen-bond acceptors (Lipinski definition) is 5. The first-order valence-corrected chi connectivity index (χ1v) is 16.5. The molecule has 9 heteroatoms. The summed E-state index contributed by atoms with van der Waals surface area (Å²) in [6.07, 6.45) is -5.08.